The van der Waals surface area contributed by atoms with E-state index >= 15 is 0 Å². The van der Waals surface area contributed by atoms with E-state index in [2.05, 4.69) is 88.8 Å². The van der Waals surface area contributed by atoms with Gasteiger partial charge in [-0.3, -0.25) is 9.89 Å². The normalized spacial score (nSPS) is 15.9. The Balaban J connectivity index is 0.00000363. The van der Waals surface area contributed by atoms with Gasteiger partial charge in [-0.05, 0) is 57.9 Å². The smallest absolute Gasteiger partial charge is 0.191 e. The van der Waals surface area contributed by atoms with E-state index in [9.17, 15) is 0 Å². The third-order valence-corrected chi connectivity index (χ3v) is 6.00. The highest BCUT2D eigenvalue weighted by Gasteiger charge is 2.20. The standard InChI is InChI=1S/C25H38N6.HI/c1-4-26-25(28-17-13-21(2)30(3)20-22-10-6-5-7-11-22)29-23-14-18-31(19-15-23)24-12-8-9-16-27-24;/h5-12,16,21,23H,4,13-15,17-20H2,1-3H3,(H2,26,28,29);1H. The number of halogens is 1. The van der Waals surface area contributed by atoms with Crippen LogP contribution in [0, 0.1) is 0 Å². The Morgan fingerprint density at radius 3 is 2.53 bits per heavy atom. The predicted octanol–water partition coefficient (Wildman–Crippen LogP) is 4.13. The van der Waals surface area contributed by atoms with E-state index in [0.717, 1.165) is 63.8 Å². The van der Waals surface area contributed by atoms with Gasteiger partial charge in [-0.1, -0.05) is 36.4 Å². The summed E-state index contributed by atoms with van der Waals surface area (Å²) in [5, 5.41) is 7.06. The summed E-state index contributed by atoms with van der Waals surface area (Å²) >= 11 is 0. The average Bonchev–Trinajstić information content (AvgIpc) is 2.81. The monoisotopic (exact) mass is 550 g/mol. The number of nitrogens with one attached hydrogen (secondary N) is 2. The van der Waals surface area contributed by atoms with E-state index in [1.807, 2.05) is 12.3 Å². The number of guanidine groups is 1. The van der Waals surface area contributed by atoms with Gasteiger partial charge in [0.05, 0.1) is 0 Å². The number of hydrogen-bond donors (Lipinski definition) is 2. The van der Waals surface area contributed by atoms with Crippen LogP contribution in [0.4, 0.5) is 5.82 Å². The minimum absolute atomic E-state index is 0. The maximum Gasteiger partial charge on any atom is 0.191 e. The molecule has 2 heterocycles. The van der Waals surface area contributed by atoms with Gasteiger partial charge < -0.3 is 15.5 Å². The van der Waals surface area contributed by atoms with Gasteiger partial charge in [0.15, 0.2) is 5.96 Å². The Hall–Kier alpha value is -1.87. The van der Waals surface area contributed by atoms with Crippen LogP contribution in [-0.2, 0) is 6.54 Å². The van der Waals surface area contributed by atoms with Crippen molar-refractivity contribution in [3.05, 3.63) is 60.3 Å². The number of piperidine rings is 1. The Bertz CT molecular complexity index is 778. The molecule has 3 rings (SSSR count). The van der Waals surface area contributed by atoms with Gasteiger partial charge in [-0.2, -0.15) is 0 Å². The van der Waals surface area contributed by atoms with Crippen LogP contribution >= 0.6 is 24.0 Å². The molecule has 1 atom stereocenters. The lowest BCUT2D eigenvalue weighted by atomic mass is 10.1. The molecule has 176 valence electrons. The van der Waals surface area contributed by atoms with Crippen molar-refractivity contribution in [2.75, 3.05) is 38.1 Å². The Labute approximate surface area is 210 Å². The van der Waals surface area contributed by atoms with Gasteiger partial charge in [0, 0.05) is 51.0 Å². The van der Waals surface area contributed by atoms with Crippen molar-refractivity contribution in [3.8, 4) is 0 Å². The minimum Gasteiger partial charge on any atom is -0.357 e. The minimum atomic E-state index is 0. The van der Waals surface area contributed by atoms with Crippen molar-refractivity contribution in [2.45, 2.75) is 51.7 Å². The van der Waals surface area contributed by atoms with Crippen LogP contribution in [0.25, 0.3) is 0 Å². The molecular formula is C25H39IN6. The Morgan fingerprint density at radius 1 is 1.16 bits per heavy atom. The molecule has 1 aliphatic rings. The van der Waals surface area contributed by atoms with Gasteiger partial charge in [-0.25, -0.2) is 4.98 Å². The first-order valence-corrected chi connectivity index (χ1v) is 11.6. The molecule has 1 aromatic heterocycles. The molecule has 1 aromatic carbocycles. The maximum atomic E-state index is 4.86. The predicted molar refractivity (Wildman–Crippen MR) is 146 cm³/mol. The lowest BCUT2D eigenvalue weighted by Crippen LogP contribution is -2.49. The second-order valence-electron chi connectivity index (χ2n) is 8.39. The summed E-state index contributed by atoms with van der Waals surface area (Å²) in [7, 11) is 2.19. The molecule has 0 radical (unpaired) electrons. The first kappa shape index (κ1) is 26.4. The third kappa shape index (κ3) is 8.58. The van der Waals surface area contributed by atoms with Crippen molar-refractivity contribution >= 4 is 35.8 Å². The molecule has 0 aliphatic carbocycles. The van der Waals surface area contributed by atoms with E-state index in [4.69, 9.17) is 4.99 Å². The van der Waals surface area contributed by atoms with E-state index in [-0.39, 0.29) is 24.0 Å². The van der Waals surface area contributed by atoms with Crippen LogP contribution in [0.5, 0.6) is 0 Å². The van der Waals surface area contributed by atoms with E-state index in [1.54, 1.807) is 0 Å². The van der Waals surface area contributed by atoms with E-state index in [0.29, 0.717) is 12.1 Å². The molecule has 2 aromatic rings. The van der Waals surface area contributed by atoms with Crippen molar-refractivity contribution in [3.63, 3.8) is 0 Å². The number of aromatic nitrogens is 1. The number of nitrogens with zero attached hydrogens (tertiary/aromatic N) is 4. The molecule has 0 saturated carbocycles. The summed E-state index contributed by atoms with van der Waals surface area (Å²) in [6, 6.07) is 17.7. The topological polar surface area (TPSA) is 55.8 Å². The number of aliphatic imine (C=N–C) groups is 1. The van der Waals surface area contributed by atoms with Gasteiger partial charge in [-0.15, -0.1) is 24.0 Å². The van der Waals surface area contributed by atoms with Crippen LogP contribution in [0.2, 0.25) is 0 Å². The fourth-order valence-electron chi connectivity index (χ4n) is 3.92. The van der Waals surface area contributed by atoms with Crippen LogP contribution in [0.15, 0.2) is 59.7 Å². The zero-order valence-electron chi connectivity index (χ0n) is 19.7. The Morgan fingerprint density at radius 2 is 1.88 bits per heavy atom. The number of pyridine rings is 1. The molecular weight excluding hydrogens is 511 g/mol. The summed E-state index contributed by atoms with van der Waals surface area (Å²) in [6.45, 7) is 9.12. The molecule has 0 bridgehead atoms. The van der Waals surface area contributed by atoms with Crippen LogP contribution in [0.1, 0.15) is 38.7 Å². The molecule has 2 N–H and O–H groups in total. The molecule has 1 unspecified atom stereocenters. The van der Waals surface area contributed by atoms with Gasteiger partial charge in [0.1, 0.15) is 5.82 Å². The van der Waals surface area contributed by atoms with Gasteiger partial charge >= 0.3 is 0 Å². The first-order chi connectivity index (χ1) is 15.2. The highest BCUT2D eigenvalue weighted by Crippen LogP contribution is 2.17. The van der Waals surface area contributed by atoms with E-state index in [1.165, 1.54) is 5.56 Å². The fourth-order valence-corrected chi connectivity index (χ4v) is 3.92. The van der Waals surface area contributed by atoms with Crippen molar-refractivity contribution < 1.29 is 0 Å². The number of benzene rings is 1. The molecule has 0 spiro atoms. The average molecular weight is 551 g/mol. The molecule has 6 nitrogen and oxygen atoms in total. The molecule has 1 fully saturated rings. The summed E-state index contributed by atoms with van der Waals surface area (Å²) in [4.78, 5) is 14.1. The van der Waals surface area contributed by atoms with Crippen LogP contribution in [0.3, 0.4) is 0 Å². The highest BCUT2D eigenvalue weighted by molar-refractivity contribution is 14.0. The van der Waals surface area contributed by atoms with Crippen molar-refractivity contribution in [1.82, 2.24) is 20.5 Å². The highest BCUT2D eigenvalue weighted by atomic mass is 127. The summed E-state index contributed by atoms with van der Waals surface area (Å²) in [6.07, 6.45) is 5.10. The number of anilines is 1. The molecule has 1 saturated heterocycles. The molecule has 7 heteroatoms. The molecule has 1 aliphatic heterocycles. The zero-order valence-corrected chi connectivity index (χ0v) is 22.0. The SMILES string of the molecule is CCNC(=NCCC(C)N(C)Cc1ccccc1)NC1CCN(c2ccccn2)CC1.I. The fraction of sp³-hybridized carbons (Fsp3) is 0.520. The van der Waals surface area contributed by atoms with Crippen LogP contribution in [-0.4, -0.2) is 61.2 Å². The summed E-state index contributed by atoms with van der Waals surface area (Å²) in [5.74, 6) is 2.02. The molecule has 0 amide bonds. The largest absolute Gasteiger partial charge is 0.357 e. The summed E-state index contributed by atoms with van der Waals surface area (Å²) < 4.78 is 0. The van der Waals surface area contributed by atoms with Crippen molar-refractivity contribution in [2.24, 2.45) is 4.99 Å². The third-order valence-electron chi connectivity index (χ3n) is 6.00. The Kier molecular flexibility index (Phi) is 11.8. The van der Waals surface area contributed by atoms with Gasteiger partial charge in [0.25, 0.3) is 0 Å². The second-order valence-corrected chi connectivity index (χ2v) is 8.39. The van der Waals surface area contributed by atoms with E-state index < -0.39 is 0 Å². The molecule has 32 heavy (non-hydrogen) atoms. The summed E-state index contributed by atoms with van der Waals surface area (Å²) in [5.41, 5.74) is 1.35. The maximum absolute atomic E-state index is 4.86. The quantitative estimate of drug-likeness (QED) is 0.280. The zero-order chi connectivity index (χ0) is 21.9. The number of hydrogen-bond acceptors (Lipinski definition) is 4. The first-order valence-electron chi connectivity index (χ1n) is 11.6. The lowest BCUT2D eigenvalue weighted by Gasteiger charge is -2.33. The lowest BCUT2D eigenvalue weighted by molar-refractivity contribution is 0.240. The van der Waals surface area contributed by atoms with Crippen LogP contribution < -0.4 is 15.5 Å². The number of rotatable bonds is 9. The second kappa shape index (κ2) is 14.3. The van der Waals surface area contributed by atoms with Crippen molar-refractivity contribution in [1.29, 1.82) is 0 Å². The van der Waals surface area contributed by atoms with Gasteiger partial charge in [0.2, 0.25) is 0 Å².